The zero-order valence-corrected chi connectivity index (χ0v) is 7.12. The molecule has 1 aromatic rings. The zero-order chi connectivity index (χ0) is 9.84. The molecule has 0 radical (unpaired) electrons. The number of nitrogens with two attached hydrogens (primary N) is 1. The minimum Gasteiger partial charge on any atom is -0.393 e. The number of aryl methyl sites for hydroxylation is 1. The number of aromatic amines is 1. The van der Waals surface area contributed by atoms with Crippen molar-refractivity contribution in [1.82, 2.24) is 9.55 Å². The molecule has 0 atom stereocenters. The summed E-state index contributed by atoms with van der Waals surface area (Å²) >= 11 is 0. The van der Waals surface area contributed by atoms with E-state index < -0.39 is 11.2 Å². The molecule has 3 N–H and O–H groups in total. The van der Waals surface area contributed by atoms with Gasteiger partial charge in [-0.2, -0.15) is 0 Å². The van der Waals surface area contributed by atoms with Gasteiger partial charge in [-0.25, -0.2) is 4.79 Å². The van der Waals surface area contributed by atoms with E-state index in [4.69, 9.17) is 5.73 Å². The third kappa shape index (κ3) is 2.08. The van der Waals surface area contributed by atoms with Crippen molar-refractivity contribution in [3.8, 4) is 0 Å². The molecule has 0 aliphatic rings. The Morgan fingerprint density at radius 1 is 1.62 bits per heavy atom. The Bertz CT molecular complexity index is 416. The van der Waals surface area contributed by atoms with E-state index in [0.717, 1.165) is 0 Å². The average molecular weight is 181 g/mol. The number of nitrogen functional groups attached to an aromatic ring is 1. The van der Waals surface area contributed by atoms with Crippen molar-refractivity contribution in [3.05, 3.63) is 39.7 Å². The van der Waals surface area contributed by atoms with Gasteiger partial charge in [-0.05, 0) is 6.42 Å². The van der Waals surface area contributed by atoms with Crippen LogP contribution in [-0.2, 0) is 6.54 Å². The highest BCUT2D eigenvalue weighted by Gasteiger charge is 1.99. The molecule has 0 spiro atoms. The fourth-order valence-corrected chi connectivity index (χ4v) is 0.923. The van der Waals surface area contributed by atoms with Crippen molar-refractivity contribution in [2.24, 2.45) is 0 Å². The van der Waals surface area contributed by atoms with Gasteiger partial charge in [0.2, 0.25) is 0 Å². The first kappa shape index (κ1) is 9.31. The van der Waals surface area contributed by atoms with Crippen LogP contribution < -0.4 is 17.0 Å². The lowest BCUT2D eigenvalue weighted by Crippen LogP contribution is -2.30. The standard InChI is InChI=1S/C8H11N3O2/c1-2-3-4-11-5-6(9)7(12)10-8(11)13/h2,5H,1,3-4,9H2,(H,10,12,13). The van der Waals surface area contributed by atoms with Crippen LogP contribution in [0.4, 0.5) is 5.69 Å². The van der Waals surface area contributed by atoms with E-state index in [-0.39, 0.29) is 5.69 Å². The Morgan fingerprint density at radius 2 is 2.31 bits per heavy atom. The summed E-state index contributed by atoms with van der Waals surface area (Å²) in [4.78, 5) is 24.1. The summed E-state index contributed by atoms with van der Waals surface area (Å²) in [5.41, 5.74) is 4.39. The fraction of sp³-hybridized carbons (Fsp3) is 0.250. The molecule has 0 aliphatic carbocycles. The van der Waals surface area contributed by atoms with Gasteiger partial charge in [0, 0.05) is 12.7 Å². The molecule has 0 saturated carbocycles. The normalized spacial score (nSPS) is 9.85. The number of hydrogen-bond donors (Lipinski definition) is 2. The molecule has 5 heteroatoms. The number of hydrogen-bond acceptors (Lipinski definition) is 3. The van der Waals surface area contributed by atoms with Crippen molar-refractivity contribution in [1.29, 1.82) is 0 Å². The summed E-state index contributed by atoms with van der Waals surface area (Å²) in [6, 6.07) is 0. The van der Waals surface area contributed by atoms with E-state index in [1.54, 1.807) is 6.08 Å². The molecule has 1 heterocycles. The maximum atomic E-state index is 11.1. The zero-order valence-electron chi connectivity index (χ0n) is 7.12. The van der Waals surface area contributed by atoms with Crippen LogP contribution in [0.3, 0.4) is 0 Å². The maximum Gasteiger partial charge on any atom is 0.328 e. The molecule has 0 saturated heterocycles. The topological polar surface area (TPSA) is 80.9 Å². The minimum atomic E-state index is -0.542. The molecular weight excluding hydrogens is 170 g/mol. The summed E-state index contributed by atoms with van der Waals surface area (Å²) in [5.74, 6) is 0. The van der Waals surface area contributed by atoms with Gasteiger partial charge in [0.15, 0.2) is 0 Å². The smallest absolute Gasteiger partial charge is 0.328 e. The van der Waals surface area contributed by atoms with Gasteiger partial charge in [0.1, 0.15) is 5.69 Å². The van der Waals surface area contributed by atoms with Crippen LogP contribution in [0.15, 0.2) is 28.4 Å². The molecule has 13 heavy (non-hydrogen) atoms. The molecule has 1 aromatic heterocycles. The SMILES string of the molecule is C=CCCn1cc(N)c(=O)[nH]c1=O. The number of anilines is 1. The highest BCUT2D eigenvalue weighted by molar-refractivity contribution is 5.30. The second-order valence-corrected chi connectivity index (χ2v) is 2.61. The van der Waals surface area contributed by atoms with Crippen molar-refractivity contribution in [3.63, 3.8) is 0 Å². The van der Waals surface area contributed by atoms with E-state index in [1.165, 1.54) is 10.8 Å². The predicted octanol–water partition coefficient (Wildman–Crippen LogP) is -0.305. The quantitative estimate of drug-likeness (QED) is 0.628. The Balaban J connectivity index is 3.08. The van der Waals surface area contributed by atoms with Gasteiger partial charge in [0.05, 0.1) is 0 Å². The van der Waals surface area contributed by atoms with Crippen molar-refractivity contribution in [2.45, 2.75) is 13.0 Å². The van der Waals surface area contributed by atoms with E-state index in [9.17, 15) is 9.59 Å². The highest BCUT2D eigenvalue weighted by Crippen LogP contribution is 1.90. The predicted molar refractivity (Wildman–Crippen MR) is 50.5 cm³/mol. The lowest BCUT2D eigenvalue weighted by Gasteiger charge is -2.02. The summed E-state index contributed by atoms with van der Waals surface area (Å²) in [6.07, 6.45) is 3.68. The van der Waals surface area contributed by atoms with Gasteiger partial charge in [0.25, 0.3) is 5.56 Å². The molecule has 1 rings (SSSR count). The van der Waals surface area contributed by atoms with Gasteiger partial charge in [-0.15, -0.1) is 6.58 Å². The van der Waals surface area contributed by atoms with E-state index in [0.29, 0.717) is 13.0 Å². The number of H-pyrrole nitrogens is 1. The molecule has 0 unspecified atom stereocenters. The molecular formula is C8H11N3O2. The van der Waals surface area contributed by atoms with Crippen LogP contribution >= 0.6 is 0 Å². The number of allylic oxidation sites excluding steroid dienone is 1. The summed E-state index contributed by atoms with van der Waals surface area (Å²) < 4.78 is 1.35. The third-order valence-corrected chi connectivity index (χ3v) is 1.61. The molecule has 70 valence electrons. The first-order valence-corrected chi connectivity index (χ1v) is 3.85. The molecule has 5 nitrogen and oxygen atoms in total. The summed E-state index contributed by atoms with van der Waals surface area (Å²) in [7, 11) is 0. The van der Waals surface area contributed by atoms with Crippen molar-refractivity contribution < 1.29 is 0 Å². The summed E-state index contributed by atoms with van der Waals surface area (Å²) in [6.45, 7) is 4.00. The van der Waals surface area contributed by atoms with Gasteiger partial charge in [-0.1, -0.05) is 6.08 Å². The lowest BCUT2D eigenvalue weighted by atomic mass is 10.4. The largest absolute Gasteiger partial charge is 0.393 e. The van der Waals surface area contributed by atoms with E-state index in [1.807, 2.05) is 0 Å². The number of rotatable bonds is 3. The van der Waals surface area contributed by atoms with Crippen LogP contribution in [-0.4, -0.2) is 9.55 Å². The van der Waals surface area contributed by atoms with E-state index >= 15 is 0 Å². The Morgan fingerprint density at radius 3 is 2.92 bits per heavy atom. The van der Waals surface area contributed by atoms with Crippen LogP contribution in [0.5, 0.6) is 0 Å². The second kappa shape index (κ2) is 3.75. The molecule has 0 fully saturated rings. The summed E-state index contributed by atoms with van der Waals surface area (Å²) in [5, 5.41) is 0. The van der Waals surface area contributed by atoms with Gasteiger partial charge in [-0.3, -0.25) is 14.3 Å². The first-order valence-electron chi connectivity index (χ1n) is 3.85. The van der Waals surface area contributed by atoms with Crippen LogP contribution in [0.1, 0.15) is 6.42 Å². The third-order valence-electron chi connectivity index (χ3n) is 1.61. The molecule has 0 amide bonds. The lowest BCUT2D eigenvalue weighted by molar-refractivity contribution is 0.657. The number of nitrogens with zero attached hydrogens (tertiary/aromatic N) is 1. The Hall–Kier alpha value is -1.78. The van der Waals surface area contributed by atoms with E-state index in [2.05, 4.69) is 11.6 Å². The monoisotopic (exact) mass is 181 g/mol. The van der Waals surface area contributed by atoms with Crippen molar-refractivity contribution >= 4 is 5.69 Å². The first-order chi connectivity index (χ1) is 6.15. The number of nitrogens with one attached hydrogen (secondary N) is 1. The number of aromatic nitrogens is 2. The second-order valence-electron chi connectivity index (χ2n) is 2.61. The van der Waals surface area contributed by atoms with Crippen LogP contribution in [0.25, 0.3) is 0 Å². The molecule has 0 aromatic carbocycles. The van der Waals surface area contributed by atoms with Crippen LogP contribution in [0.2, 0.25) is 0 Å². The maximum absolute atomic E-state index is 11.1. The average Bonchev–Trinajstić information content (AvgIpc) is 2.09. The molecule has 0 aliphatic heterocycles. The van der Waals surface area contributed by atoms with Gasteiger partial charge < -0.3 is 5.73 Å². The minimum absolute atomic E-state index is 0.0451. The highest BCUT2D eigenvalue weighted by atomic mass is 16.2. The van der Waals surface area contributed by atoms with Crippen molar-refractivity contribution in [2.75, 3.05) is 5.73 Å². The van der Waals surface area contributed by atoms with Gasteiger partial charge >= 0.3 is 5.69 Å². The fourth-order valence-electron chi connectivity index (χ4n) is 0.923. The molecule has 0 bridgehead atoms. The Labute approximate surface area is 74.5 Å². The Kier molecular flexibility index (Phi) is 2.69. The van der Waals surface area contributed by atoms with Crippen LogP contribution in [0, 0.1) is 0 Å².